The maximum atomic E-state index is 13.8. The van der Waals surface area contributed by atoms with Crippen LogP contribution >= 0.6 is 34.3 Å². The quantitative estimate of drug-likeness (QED) is 0.300. The molecule has 0 saturated carbocycles. The number of piperidine rings is 1. The van der Waals surface area contributed by atoms with Gasteiger partial charge < -0.3 is 0 Å². The van der Waals surface area contributed by atoms with Gasteiger partial charge in [-0.25, -0.2) is 13.4 Å². The lowest BCUT2D eigenvalue weighted by Gasteiger charge is -2.32. The van der Waals surface area contributed by atoms with Crippen molar-refractivity contribution in [1.29, 1.82) is 0 Å². The molecule has 10 heteroatoms. The molecule has 0 N–H and O–H groups in total. The average Bonchev–Trinajstić information content (AvgIpc) is 3.54. The van der Waals surface area contributed by atoms with E-state index in [1.807, 2.05) is 49.4 Å². The Labute approximate surface area is 217 Å². The molecule has 3 heterocycles. The van der Waals surface area contributed by atoms with Gasteiger partial charge in [-0.15, -0.1) is 11.3 Å². The molecule has 35 heavy (non-hydrogen) atoms. The van der Waals surface area contributed by atoms with E-state index < -0.39 is 10.0 Å². The van der Waals surface area contributed by atoms with Crippen molar-refractivity contribution in [2.75, 3.05) is 18.0 Å². The van der Waals surface area contributed by atoms with Gasteiger partial charge in [-0.3, -0.25) is 9.69 Å². The first-order chi connectivity index (χ1) is 16.8. The Morgan fingerprint density at radius 3 is 2.57 bits per heavy atom. The maximum absolute atomic E-state index is 13.8. The third-order valence-corrected chi connectivity index (χ3v) is 10.7. The molecule has 1 fully saturated rings. The maximum Gasteiger partial charge on any atom is 0.252 e. The molecule has 6 nitrogen and oxygen atoms in total. The molecule has 1 aliphatic rings. The van der Waals surface area contributed by atoms with Crippen molar-refractivity contribution in [1.82, 2.24) is 9.29 Å². The molecule has 4 aromatic rings. The van der Waals surface area contributed by atoms with Crippen LogP contribution in [0.15, 0.2) is 64.2 Å². The molecule has 0 unspecified atom stereocenters. The summed E-state index contributed by atoms with van der Waals surface area (Å²) in [6.45, 7) is 3.01. The van der Waals surface area contributed by atoms with Gasteiger partial charge in [0.2, 0.25) is 5.91 Å². The van der Waals surface area contributed by atoms with Gasteiger partial charge in [0.15, 0.2) is 5.13 Å². The predicted molar refractivity (Wildman–Crippen MR) is 143 cm³/mol. The lowest BCUT2D eigenvalue weighted by molar-refractivity contribution is -0.123. The van der Waals surface area contributed by atoms with Crippen molar-refractivity contribution in [3.63, 3.8) is 0 Å². The summed E-state index contributed by atoms with van der Waals surface area (Å²) in [4.78, 5) is 20.4. The van der Waals surface area contributed by atoms with Crippen molar-refractivity contribution in [3.05, 3.63) is 76.1 Å². The highest BCUT2D eigenvalue weighted by Gasteiger charge is 2.35. The zero-order valence-electron chi connectivity index (χ0n) is 19.1. The van der Waals surface area contributed by atoms with Crippen LogP contribution in [0.3, 0.4) is 0 Å². The van der Waals surface area contributed by atoms with Gasteiger partial charge in [0, 0.05) is 24.0 Å². The summed E-state index contributed by atoms with van der Waals surface area (Å²) < 4.78 is 28.6. The number of hydrogen-bond donors (Lipinski definition) is 0. The van der Waals surface area contributed by atoms with E-state index in [2.05, 4.69) is 0 Å². The van der Waals surface area contributed by atoms with E-state index in [1.165, 1.54) is 27.0 Å². The third-order valence-electron chi connectivity index (χ3n) is 6.21. The number of rotatable bonds is 6. The van der Waals surface area contributed by atoms with Crippen LogP contribution in [-0.2, 0) is 21.4 Å². The number of carbonyl (C=O) groups excluding carboxylic acids is 1. The topological polar surface area (TPSA) is 70.6 Å². The zero-order valence-corrected chi connectivity index (χ0v) is 22.3. The molecule has 1 aliphatic heterocycles. The Morgan fingerprint density at radius 1 is 1.14 bits per heavy atom. The van der Waals surface area contributed by atoms with Crippen molar-refractivity contribution in [3.8, 4) is 0 Å². The van der Waals surface area contributed by atoms with Crippen molar-refractivity contribution < 1.29 is 13.2 Å². The molecule has 1 amide bonds. The van der Waals surface area contributed by atoms with Gasteiger partial charge in [-0.05, 0) is 54.5 Å². The first kappa shape index (κ1) is 24.4. The number of halogens is 1. The molecule has 1 saturated heterocycles. The van der Waals surface area contributed by atoms with Gasteiger partial charge in [0.25, 0.3) is 10.0 Å². The molecule has 182 valence electrons. The highest BCUT2D eigenvalue weighted by molar-refractivity contribution is 7.91. The fourth-order valence-corrected chi connectivity index (χ4v) is 8.40. The summed E-state index contributed by atoms with van der Waals surface area (Å²) in [6.07, 6.45) is 0.953. The Kier molecular flexibility index (Phi) is 6.96. The third kappa shape index (κ3) is 5.01. The number of sulfonamides is 1. The minimum absolute atomic E-state index is 0.0233. The summed E-state index contributed by atoms with van der Waals surface area (Å²) in [6, 6.07) is 17.0. The zero-order chi connectivity index (χ0) is 24.6. The number of thiazole rings is 1. The van der Waals surface area contributed by atoms with Crippen LogP contribution in [0.4, 0.5) is 5.13 Å². The Balaban J connectivity index is 1.40. The van der Waals surface area contributed by atoms with Crippen LogP contribution in [-0.4, -0.2) is 36.7 Å². The smallest absolute Gasteiger partial charge is 0.252 e. The first-order valence-corrected chi connectivity index (χ1v) is 14.8. The largest absolute Gasteiger partial charge is 0.283 e. The highest BCUT2D eigenvalue weighted by Crippen LogP contribution is 2.35. The molecule has 5 rings (SSSR count). The molecular formula is C25H24ClN3O3S3. The fourth-order valence-electron chi connectivity index (χ4n) is 4.36. The number of anilines is 1. The van der Waals surface area contributed by atoms with Gasteiger partial charge >= 0.3 is 0 Å². The van der Waals surface area contributed by atoms with E-state index in [0.717, 1.165) is 21.3 Å². The Morgan fingerprint density at radius 2 is 1.89 bits per heavy atom. The lowest BCUT2D eigenvalue weighted by Crippen LogP contribution is -2.44. The lowest BCUT2D eigenvalue weighted by atomic mass is 9.96. The second kappa shape index (κ2) is 9.99. The molecule has 2 aromatic heterocycles. The molecule has 0 aliphatic carbocycles. The van der Waals surface area contributed by atoms with Crippen LogP contribution in [0.5, 0.6) is 0 Å². The second-order valence-corrected chi connectivity index (χ2v) is 13.1. The molecular weight excluding hydrogens is 522 g/mol. The number of hydrogen-bond acceptors (Lipinski definition) is 6. The van der Waals surface area contributed by atoms with E-state index in [1.54, 1.807) is 22.4 Å². The van der Waals surface area contributed by atoms with E-state index in [4.69, 9.17) is 16.6 Å². The SMILES string of the molecule is Cc1cc(Cl)cc2sc(N(Cc3ccccc3)C(=O)C3CCN(S(=O)(=O)c4cccs4)CC3)nc12. The van der Waals surface area contributed by atoms with Crippen LogP contribution in [0.2, 0.25) is 5.02 Å². The first-order valence-electron chi connectivity index (χ1n) is 11.3. The molecule has 0 bridgehead atoms. The van der Waals surface area contributed by atoms with E-state index in [0.29, 0.717) is 46.8 Å². The summed E-state index contributed by atoms with van der Waals surface area (Å²) in [5.74, 6) is -0.296. The number of nitrogens with zero attached hydrogens (tertiary/aromatic N) is 3. The van der Waals surface area contributed by atoms with Crippen LogP contribution in [0.25, 0.3) is 10.2 Å². The fraction of sp³-hybridized carbons (Fsp3) is 0.280. The van der Waals surface area contributed by atoms with Crippen molar-refractivity contribution >= 4 is 65.6 Å². The Hall–Kier alpha value is -2.30. The number of amides is 1. The standard InChI is InChI=1S/C25H24ClN3O3S3/c1-17-14-20(26)15-21-23(17)27-25(34-21)29(16-18-6-3-2-4-7-18)24(30)19-9-11-28(12-10-19)35(31,32)22-8-5-13-33-22/h2-8,13-15,19H,9-12,16H2,1H3. The normalized spacial score (nSPS) is 15.5. The van der Waals surface area contributed by atoms with Crippen LogP contribution in [0.1, 0.15) is 24.0 Å². The van der Waals surface area contributed by atoms with E-state index in [-0.39, 0.29) is 11.8 Å². The minimum atomic E-state index is -3.51. The minimum Gasteiger partial charge on any atom is -0.283 e. The number of fused-ring (bicyclic) bond motifs is 1. The van der Waals surface area contributed by atoms with Crippen molar-refractivity contribution in [2.45, 2.75) is 30.5 Å². The molecule has 0 spiro atoms. The average molecular weight is 546 g/mol. The number of benzene rings is 2. The monoisotopic (exact) mass is 545 g/mol. The predicted octanol–water partition coefficient (Wildman–Crippen LogP) is 5.95. The van der Waals surface area contributed by atoms with Gasteiger partial charge in [0.05, 0.1) is 16.8 Å². The summed E-state index contributed by atoms with van der Waals surface area (Å²) in [5.41, 5.74) is 2.82. The van der Waals surface area contributed by atoms with Crippen LogP contribution < -0.4 is 4.90 Å². The number of thiophene rings is 1. The molecule has 0 atom stereocenters. The summed E-state index contributed by atoms with van der Waals surface area (Å²) >= 11 is 8.93. The summed E-state index contributed by atoms with van der Waals surface area (Å²) in [7, 11) is -3.51. The van der Waals surface area contributed by atoms with Crippen molar-refractivity contribution in [2.24, 2.45) is 5.92 Å². The Bertz CT molecular complexity index is 1450. The number of aryl methyl sites for hydroxylation is 1. The number of carbonyl (C=O) groups is 1. The molecule has 2 aromatic carbocycles. The second-order valence-electron chi connectivity index (χ2n) is 8.59. The van der Waals surface area contributed by atoms with Gasteiger partial charge in [0.1, 0.15) is 4.21 Å². The highest BCUT2D eigenvalue weighted by atomic mass is 35.5. The number of aromatic nitrogens is 1. The summed E-state index contributed by atoms with van der Waals surface area (Å²) in [5, 5.41) is 3.04. The van der Waals surface area contributed by atoms with E-state index in [9.17, 15) is 13.2 Å². The van der Waals surface area contributed by atoms with Gasteiger partial charge in [-0.1, -0.05) is 59.3 Å². The van der Waals surface area contributed by atoms with Crippen LogP contribution in [0, 0.1) is 12.8 Å². The van der Waals surface area contributed by atoms with Gasteiger partial charge in [-0.2, -0.15) is 4.31 Å². The van der Waals surface area contributed by atoms with E-state index >= 15 is 0 Å². The molecule has 0 radical (unpaired) electrons.